The van der Waals surface area contributed by atoms with Crippen molar-refractivity contribution < 1.29 is 0 Å². The fourth-order valence-electron chi connectivity index (χ4n) is 1.31. The highest BCUT2D eigenvalue weighted by Gasteiger charge is 2.01. The molecule has 2 aromatic rings. The summed E-state index contributed by atoms with van der Waals surface area (Å²) >= 11 is 6.92. The van der Waals surface area contributed by atoms with E-state index in [1.807, 2.05) is 43.3 Å². The van der Waals surface area contributed by atoms with Crippen LogP contribution >= 0.6 is 31.9 Å². The van der Waals surface area contributed by atoms with Crippen molar-refractivity contribution in [3.8, 4) is 0 Å². The number of benzene rings is 1. The van der Waals surface area contributed by atoms with Crippen molar-refractivity contribution in [3.63, 3.8) is 0 Å². The first-order valence-corrected chi connectivity index (χ1v) is 6.40. The van der Waals surface area contributed by atoms with E-state index in [0.29, 0.717) is 0 Å². The summed E-state index contributed by atoms with van der Waals surface area (Å²) in [6, 6.07) is 11.9. The van der Waals surface area contributed by atoms with Gasteiger partial charge in [-0.1, -0.05) is 12.1 Å². The molecule has 1 aromatic heterocycles. The molecule has 0 saturated carbocycles. The van der Waals surface area contributed by atoms with Gasteiger partial charge in [0.15, 0.2) is 0 Å². The monoisotopic (exact) mass is 340 g/mol. The molecule has 0 bridgehead atoms. The molecular weight excluding hydrogens is 332 g/mol. The largest absolute Gasteiger partial charge is 0.339 e. The number of hydrogen-bond donors (Lipinski definition) is 1. The first kappa shape index (κ1) is 11.6. The summed E-state index contributed by atoms with van der Waals surface area (Å²) in [5, 5.41) is 3.26. The predicted molar refractivity (Wildman–Crippen MR) is 74.1 cm³/mol. The lowest BCUT2D eigenvalue weighted by molar-refractivity contribution is 1.18. The van der Waals surface area contributed by atoms with E-state index in [1.54, 1.807) is 0 Å². The average molecular weight is 342 g/mol. The molecule has 0 aliphatic carbocycles. The molecule has 0 aliphatic heterocycles. The number of para-hydroxylation sites is 1. The number of halogens is 2. The molecule has 0 amide bonds. The Morgan fingerprint density at radius 3 is 2.44 bits per heavy atom. The molecule has 4 heteroatoms. The third-order valence-corrected chi connectivity index (χ3v) is 3.69. The lowest BCUT2D eigenvalue weighted by Crippen LogP contribution is -1.95. The predicted octanol–water partition coefficient (Wildman–Crippen LogP) is 4.66. The fraction of sp³-hybridized carbons (Fsp3) is 0.0833. The second-order valence-corrected chi connectivity index (χ2v) is 5.08. The van der Waals surface area contributed by atoms with Crippen LogP contribution in [0.4, 0.5) is 11.5 Å². The molecule has 0 aliphatic rings. The summed E-state index contributed by atoms with van der Waals surface area (Å²) in [5.74, 6) is 0.840. The van der Waals surface area contributed by atoms with Crippen LogP contribution in [-0.4, -0.2) is 4.98 Å². The molecule has 0 unspecified atom stereocenters. The topological polar surface area (TPSA) is 24.9 Å². The third-order valence-electron chi connectivity index (χ3n) is 2.16. The summed E-state index contributed by atoms with van der Waals surface area (Å²) in [5.41, 5.74) is 1.98. The lowest BCUT2D eigenvalue weighted by atomic mass is 10.3. The van der Waals surface area contributed by atoms with Gasteiger partial charge in [-0.3, -0.25) is 0 Å². The number of aromatic nitrogens is 1. The van der Waals surface area contributed by atoms with Gasteiger partial charge >= 0.3 is 0 Å². The number of nitrogens with one attached hydrogen (secondary N) is 1. The molecular formula is C12H10Br2N2. The maximum absolute atomic E-state index is 4.43. The molecule has 0 radical (unpaired) electrons. The van der Waals surface area contributed by atoms with Crippen LogP contribution in [0.3, 0.4) is 0 Å². The number of pyridine rings is 1. The molecule has 0 spiro atoms. The SMILES string of the molecule is Cc1nc(Nc2ccccc2Br)ccc1Br. The Morgan fingerprint density at radius 2 is 1.75 bits per heavy atom. The summed E-state index contributed by atoms with van der Waals surface area (Å²) < 4.78 is 2.04. The van der Waals surface area contributed by atoms with Crippen molar-refractivity contribution in [2.75, 3.05) is 5.32 Å². The van der Waals surface area contributed by atoms with E-state index in [4.69, 9.17) is 0 Å². The molecule has 82 valence electrons. The number of aryl methyl sites for hydroxylation is 1. The zero-order chi connectivity index (χ0) is 11.5. The standard InChI is InChI=1S/C12H10Br2N2/c1-8-9(13)6-7-12(15-8)16-11-5-3-2-4-10(11)14/h2-7H,1H3,(H,15,16). The smallest absolute Gasteiger partial charge is 0.130 e. The molecule has 2 rings (SSSR count). The Bertz CT molecular complexity index is 512. The number of anilines is 2. The quantitative estimate of drug-likeness (QED) is 0.859. The van der Waals surface area contributed by atoms with Crippen LogP contribution in [0.1, 0.15) is 5.69 Å². The summed E-state index contributed by atoms with van der Waals surface area (Å²) in [7, 11) is 0. The van der Waals surface area contributed by atoms with Crippen molar-refractivity contribution in [1.29, 1.82) is 0 Å². The molecule has 16 heavy (non-hydrogen) atoms. The first-order chi connectivity index (χ1) is 7.66. The van der Waals surface area contributed by atoms with Crippen LogP contribution in [-0.2, 0) is 0 Å². The van der Waals surface area contributed by atoms with Crippen molar-refractivity contribution >= 4 is 43.4 Å². The molecule has 0 fully saturated rings. The molecule has 0 atom stereocenters. The molecule has 1 aromatic carbocycles. The number of rotatable bonds is 2. The average Bonchev–Trinajstić information content (AvgIpc) is 2.27. The van der Waals surface area contributed by atoms with Gasteiger partial charge in [-0.2, -0.15) is 0 Å². The van der Waals surface area contributed by atoms with Crippen LogP contribution in [0.15, 0.2) is 45.3 Å². The summed E-state index contributed by atoms with van der Waals surface area (Å²) in [6.07, 6.45) is 0. The van der Waals surface area contributed by atoms with Crippen LogP contribution in [0, 0.1) is 6.92 Å². The van der Waals surface area contributed by atoms with E-state index >= 15 is 0 Å². The van der Waals surface area contributed by atoms with Gasteiger partial charge in [0.2, 0.25) is 0 Å². The van der Waals surface area contributed by atoms with E-state index in [1.165, 1.54) is 0 Å². The van der Waals surface area contributed by atoms with Crippen LogP contribution < -0.4 is 5.32 Å². The Morgan fingerprint density at radius 1 is 1.00 bits per heavy atom. The van der Waals surface area contributed by atoms with Gasteiger partial charge < -0.3 is 5.32 Å². The van der Waals surface area contributed by atoms with Gasteiger partial charge in [-0.15, -0.1) is 0 Å². The fourth-order valence-corrected chi connectivity index (χ4v) is 1.92. The second-order valence-electron chi connectivity index (χ2n) is 3.37. The maximum atomic E-state index is 4.43. The first-order valence-electron chi connectivity index (χ1n) is 4.81. The van der Waals surface area contributed by atoms with Crippen LogP contribution in [0.5, 0.6) is 0 Å². The Balaban J connectivity index is 2.28. The van der Waals surface area contributed by atoms with E-state index in [2.05, 4.69) is 42.2 Å². The highest BCUT2D eigenvalue weighted by Crippen LogP contribution is 2.25. The normalized spacial score (nSPS) is 10.2. The zero-order valence-corrected chi connectivity index (χ0v) is 11.8. The minimum Gasteiger partial charge on any atom is -0.339 e. The highest BCUT2D eigenvalue weighted by atomic mass is 79.9. The van der Waals surface area contributed by atoms with Crippen LogP contribution in [0.2, 0.25) is 0 Å². The second kappa shape index (κ2) is 4.97. The van der Waals surface area contributed by atoms with E-state index in [9.17, 15) is 0 Å². The van der Waals surface area contributed by atoms with Crippen molar-refractivity contribution in [2.45, 2.75) is 6.92 Å². The highest BCUT2D eigenvalue weighted by molar-refractivity contribution is 9.10. The van der Waals surface area contributed by atoms with E-state index in [0.717, 1.165) is 26.1 Å². The molecule has 2 nitrogen and oxygen atoms in total. The Kier molecular flexibility index (Phi) is 3.61. The molecule has 0 saturated heterocycles. The lowest BCUT2D eigenvalue weighted by Gasteiger charge is -2.08. The minimum absolute atomic E-state index is 0.840. The van der Waals surface area contributed by atoms with Gasteiger partial charge in [0.05, 0.1) is 11.4 Å². The molecule has 1 heterocycles. The van der Waals surface area contributed by atoms with Crippen molar-refractivity contribution in [2.24, 2.45) is 0 Å². The Hall–Kier alpha value is -0.870. The summed E-state index contributed by atoms with van der Waals surface area (Å²) in [4.78, 5) is 4.43. The van der Waals surface area contributed by atoms with Crippen molar-refractivity contribution in [1.82, 2.24) is 4.98 Å². The number of hydrogen-bond acceptors (Lipinski definition) is 2. The van der Waals surface area contributed by atoms with E-state index in [-0.39, 0.29) is 0 Å². The van der Waals surface area contributed by atoms with Gasteiger partial charge in [0.1, 0.15) is 5.82 Å². The number of nitrogens with zero attached hydrogens (tertiary/aromatic N) is 1. The third kappa shape index (κ3) is 2.62. The van der Waals surface area contributed by atoms with Crippen molar-refractivity contribution in [3.05, 3.63) is 51.0 Å². The molecule has 1 N–H and O–H groups in total. The maximum Gasteiger partial charge on any atom is 0.130 e. The van der Waals surface area contributed by atoms with Gasteiger partial charge in [-0.05, 0) is 63.0 Å². The minimum atomic E-state index is 0.840. The zero-order valence-electron chi connectivity index (χ0n) is 8.67. The van der Waals surface area contributed by atoms with Gasteiger partial charge in [0, 0.05) is 8.95 Å². The van der Waals surface area contributed by atoms with Gasteiger partial charge in [0.25, 0.3) is 0 Å². The van der Waals surface area contributed by atoms with Gasteiger partial charge in [-0.25, -0.2) is 4.98 Å². The van der Waals surface area contributed by atoms with E-state index < -0.39 is 0 Å². The Labute approximate surface area is 111 Å². The van der Waals surface area contributed by atoms with Crippen LogP contribution in [0.25, 0.3) is 0 Å². The summed E-state index contributed by atoms with van der Waals surface area (Å²) in [6.45, 7) is 1.97.